The minimum atomic E-state index is -0.0799. The van der Waals surface area contributed by atoms with Crippen LogP contribution in [0.4, 0.5) is 0 Å². The summed E-state index contributed by atoms with van der Waals surface area (Å²) in [7, 11) is 1.52. The van der Waals surface area contributed by atoms with Gasteiger partial charge in [-0.1, -0.05) is 11.6 Å². The number of piperidine rings is 1. The molecule has 0 aromatic heterocycles. The van der Waals surface area contributed by atoms with Gasteiger partial charge in [-0.25, -0.2) is 0 Å². The number of allylic oxidation sites excluding steroid dienone is 1. The number of amides is 2. The summed E-state index contributed by atoms with van der Waals surface area (Å²) in [5, 5.41) is 3.04. The Balaban J connectivity index is 1.78. The van der Waals surface area contributed by atoms with Gasteiger partial charge in [0.1, 0.15) is 6.61 Å². The number of ether oxygens (including phenoxy) is 1. The summed E-state index contributed by atoms with van der Waals surface area (Å²) in [6.07, 6.45) is 8.72. The second kappa shape index (κ2) is 8.17. The number of carbonyl (C=O) groups is 2. The zero-order chi connectivity index (χ0) is 15.1. The summed E-state index contributed by atoms with van der Waals surface area (Å²) in [5.74, 6) is -0.0230. The van der Waals surface area contributed by atoms with Gasteiger partial charge in [-0.05, 0) is 38.5 Å². The predicted octanol–water partition coefficient (Wildman–Crippen LogP) is 1.49. The second-order valence-corrected chi connectivity index (χ2v) is 5.94. The highest BCUT2D eigenvalue weighted by Gasteiger charge is 2.28. The van der Waals surface area contributed by atoms with Crippen LogP contribution in [0.5, 0.6) is 0 Å². The minimum absolute atomic E-state index is 0.0232. The van der Waals surface area contributed by atoms with Crippen LogP contribution in [0.2, 0.25) is 0 Å². The van der Waals surface area contributed by atoms with Crippen molar-refractivity contribution in [1.82, 2.24) is 10.2 Å². The molecule has 0 aromatic carbocycles. The van der Waals surface area contributed by atoms with Crippen molar-refractivity contribution in [3.05, 3.63) is 11.6 Å². The Morgan fingerprint density at radius 2 is 2.24 bits per heavy atom. The van der Waals surface area contributed by atoms with Crippen molar-refractivity contribution in [2.24, 2.45) is 5.92 Å². The normalized spacial score (nSPS) is 22.6. The molecule has 0 saturated carbocycles. The van der Waals surface area contributed by atoms with E-state index in [0.29, 0.717) is 13.1 Å². The molecule has 21 heavy (non-hydrogen) atoms. The standard InChI is InChI=1S/C16H26N2O3/c1-21-12-15(19)18-9-5-8-14(11-18)16(20)17-10-13-6-3-2-4-7-13/h6,14H,2-5,7-12H2,1H3,(H,17,20). The quantitative estimate of drug-likeness (QED) is 0.782. The van der Waals surface area contributed by atoms with E-state index in [0.717, 1.165) is 32.2 Å². The van der Waals surface area contributed by atoms with E-state index < -0.39 is 0 Å². The fourth-order valence-electron chi connectivity index (χ4n) is 3.04. The first-order valence-electron chi connectivity index (χ1n) is 7.93. The molecular formula is C16H26N2O3. The summed E-state index contributed by atoms with van der Waals surface area (Å²) in [5.41, 5.74) is 1.35. The highest BCUT2D eigenvalue weighted by atomic mass is 16.5. The van der Waals surface area contributed by atoms with E-state index in [2.05, 4.69) is 11.4 Å². The molecule has 5 heteroatoms. The number of rotatable bonds is 5. The second-order valence-electron chi connectivity index (χ2n) is 5.94. The molecule has 1 aliphatic carbocycles. The average molecular weight is 294 g/mol. The maximum absolute atomic E-state index is 12.3. The van der Waals surface area contributed by atoms with Gasteiger partial charge in [-0.15, -0.1) is 0 Å². The molecule has 1 atom stereocenters. The van der Waals surface area contributed by atoms with Gasteiger partial charge in [0.15, 0.2) is 0 Å². The molecule has 0 spiro atoms. The van der Waals surface area contributed by atoms with Crippen LogP contribution < -0.4 is 5.32 Å². The van der Waals surface area contributed by atoms with E-state index in [-0.39, 0.29) is 24.3 Å². The summed E-state index contributed by atoms with van der Waals surface area (Å²) < 4.78 is 4.88. The predicted molar refractivity (Wildman–Crippen MR) is 80.7 cm³/mol. The Bertz CT molecular complexity index is 406. The topological polar surface area (TPSA) is 58.6 Å². The summed E-state index contributed by atoms with van der Waals surface area (Å²) in [4.78, 5) is 25.8. The molecule has 118 valence electrons. The Morgan fingerprint density at radius 3 is 2.95 bits per heavy atom. The van der Waals surface area contributed by atoms with Crippen molar-refractivity contribution < 1.29 is 14.3 Å². The van der Waals surface area contributed by atoms with Crippen LogP contribution in [-0.4, -0.2) is 50.1 Å². The third kappa shape index (κ3) is 4.84. The molecule has 5 nitrogen and oxygen atoms in total. The third-order valence-electron chi connectivity index (χ3n) is 4.29. The van der Waals surface area contributed by atoms with Crippen LogP contribution in [0.15, 0.2) is 11.6 Å². The van der Waals surface area contributed by atoms with Crippen LogP contribution in [0.3, 0.4) is 0 Å². The summed E-state index contributed by atoms with van der Waals surface area (Å²) >= 11 is 0. The van der Waals surface area contributed by atoms with E-state index in [1.807, 2.05) is 0 Å². The molecule has 1 unspecified atom stereocenters. The zero-order valence-corrected chi connectivity index (χ0v) is 12.9. The van der Waals surface area contributed by atoms with E-state index in [4.69, 9.17) is 4.74 Å². The molecular weight excluding hydrogens is 268 g/mol. The molecule has 2 rings (SSSR count). The first kappa shape index (κ1) is 16.0. The average Bonchev–Trinajstić information content (AvgIpc) is 2.54. The number of likely N-dealkylation sites (tertiary alicyclic amines) is 1. The zero-order valence-electron chi connectivity index (χ0n) is 12.9. The van der Waals surface area contributed by atoms with Crippen molar-refractivity contribution in [2.75, 3.05) is 33.4 Å². The molecule has 1 heterocycles. The van der Waals surface area contributed by atoms with Crippen molar-refractivity contribution in [3.8, 4) is 0 Å². The maximum atomic E-state index is 12.3. The monoisotopic (exact) mass is 294 g/mol. The van der Waals surface area contributed by atoms with Crippen LogP contribution in [0, 0.1) is 5.92 Å². The first-order chi connectivity index (χ1) is 10.2. The van der Waals surface area contributed by atoms with Crippen LogP contribution in [-0.2, 0) is 14.3 Å². The van der Waals surface area contributed by atoms with Crippen molar-refractivity contribution in [3.63, 3.8) is 0 Å². The maximum Gasteiger partial charge on any atom is 0.248 e. The van der Waals surface area contributed by atoms with Crippen molar-refractivity contribution in [1.29, 1.82) is 0 Å². The number of hydrogen-bond donors (Lipinski definition) is 1. The van der Waals surface area contributed by atoms with Gasteiger partial charge in [-0.2, -0.15) is 0 Å². The van der Waals surface area contributed by atoms with E-state index in [1.54, 1.807) is 4.90 Å². The minimum Gasteiger partial charge on any atom is -0.375 e. The van der Waals surface area contributed by atoms with Crippen LogP contribution in [0.1, 0.15) is 38.5 Å². The number of nitrogens with one attached hydrogen (secondary N) is 1. The molecule has 1 saturated heterocycles. The largest absolute Gasteiger partial charge is 0.375 e. The van der Waals surface area contributed by atoms with E-state index >= 15 is 0 Å². The fraction of sp³-hybridized carbons (Fsp3) is 0.750. The molecule has 0 bridgehead atoms. The van der Waals surface area contributed by atoms with Gasteiger partial charge in [-0.3, -0.25) is 9.59 Å². The Hall–Kier alpha value is -1.36. The van der Waals surface area contributed by atoms with Crippen molar-refractivity contribution >= 4 is 11.8 Å². The number of hydrogen-bond acceptors (Lipinski definition) is 3. The summed E-state index contributed by atoms with van der Waals surface area (Å²) in [6, 6.07) is 0. The number of nitrogens with zero attached hydrogens (tertiary/aromatic N) is 1. The van der Waals surface area contributed by atoms with Gasteiger partial charge in [0, 0.05) is 26.7 Å². The van der Waals surface area contributed by atoms with E-state index in [9.17, 15) is 9.59 Å². The fourth-order valence-corrected chi connectivity index (χ4v) is 3.04. The number of carbonyl (C=O) groups excluding carboxylic acids is 2. The lowest BCUT2D eigenvalue weighted by atomic mass is 9.96. The molecule has 2 amide bonds. The Morgan fingerprint density at radius 1 is 1.38 bits per heavy atom. The van der Waals surface area contributed by atoms with Gasteiger partial charge < -0.3 is 15.0 Å². The SMILES string of the molecule is COCC(=O)N1CCCC(C(=O)NCC2=CCCCC2)C1. The molecule has 0 radical (unpaired) electrons. The lowest BCUT2D eigenvalue weighted by molar-refractivity contribution is -0.138. The van der Waals surface area contributed by atoms with Gasteiger partial charge in [0.2, 0.25) is 11.8 Å². The molecule has 1 N–H and O–H groups in total. The smallest absolute Gasteiger partial charge is 0.248 e. The van der Waals surface area contributed by atoms with Gasteiger partial charge in [0.05, 0.1) is 5.92 Å². The van der Waals surface area contributed by atoms with Crippen LogP contribution >= 0.6 is 0 Å². The van der Waals surface area contributed by atoms with Gasteiger partial charge in [0.25, 0.3) is 0 Å². The van der Waals surface area contributed by atoms with Crippen LogP contribution in [0.25, 0.3) is 0 Å². The molecule has 1 fully saturated rings. The molecule has 1 aliphatic heterocycles. The lowest BCUT2D eigenvalue weighted by Crippen LogP contribution is -2.46. The molecule has 0 aromatic rings. The Kier molecular flexibility index (Phi) is 6.23. The van der Waals surface area contributed by atoms with Crippen molar-refractivity contribution in [2.45, 2.75) is 38.5 Å². The van der Waals surface area contributed by atoms with E-state index in [1.165, 1.54) is 25.5 Å². The Labute approximate surface area is 126 Å². The lowest BCUT2D eigenvalue weighted by Gasteiger charge is -2.32. The highest BCUT2D eigenvalue weighted by Crippen LogP contribution is 2.19. The first-order valence-corrected chi connectivity index (χ1v) is 7.93. The van der Waals surface area contributed by atoms with Gasteiger partial charge >= 0.3 is 0 Å². The third-order valence-corrected chi connectivity index (χ3v) is 4.29. The highest BCUT2D eigenvalue weighted by molar-refractivity contribution is 5.82. The number of methoxy groups -OCH3 is 1. The molecule has 2 aliphatic rings. The summed E-state index contributed by atoms with van der Waals surface area (Å²) in [6.45, 7) is 2.02.